The number of hydrogen-bond acceptors (Lipinski definition) is 3. The minimum absolute atomic E-state index is 0.135. The molecule has 0 aliphatic heterocycles. The molecule has 0 spiro atoms. The Bertz CT molecular complexity index is 348. The average molecular weight is 233 g/mol. The normalized spacial score (nSPS) is 20.9. The number of rotatable bonds is 6. The highest BCUT2D eigenvalue weighted by Gasteiger charge is 2.34. The van der Waals surface area contributed by atoms with Crippen LogP contribution in [-0.2, 0) is 10.0 Å². The molecule has 1 rings (SSSR count). The zero-order valence-corrected chi connectivity index (χ0v) is 10.0. The molecule has 0 amide bonds. The van der Waals surface area contributed by atoms with Crippen LogP contribution in [0.5, 0.6) is 0 Å². The van der Waals surface area contributed by atoms with Crippen molar-refractivity contribution in [3.8, 4) is 0 Å². The number of nitrogens with one attached hydrogen (secondary N) is 2. The lowest BCUT2D eigenvalue weighted by molar-refractivity contribution is 0.503. The maximum absolute atomic E-state index is 11.7. The topological polar surface area (TPSA) is 96.0 Å². The molecular formula is C9H19N3O2S. The molecule has 88 valence electrons. The lowest BCUT2D eigenvalue weighted by Crippen LogP contribution is -2.55. The molecule has 0 bridgehead atoms. The van der Waals surface area contributed by atoms with Crippen LogP contribution in [-0.4, -0.2) is 25.5 Å². The molecule has 0 aromatic heterocycles. The summed E-state index contributed by atoms with van der Waals surface area (Å²) in [4.78, 5) is 0. The summed E-state index contributed by atoms with van der Waals surface area (Å²) < 4.78 is 25.9. The second kappa shape index (κ2) is 4.09. The first-order chi connectivity index (χ1) is 6.79. The van der Waals surface area contributed by atoms with E-state index < -0.39 is 15.6 Å². The Morgan fingerprint density at radius 1 is 1.60 bits per heavy atom. The standard InChI is InChI=1S/C9H19N3O2S/c1-3-9(2,8(10)11)12-15(13,14)6-7-4-5-7/h7,12H,3-6H2,1-2H3,(H3,10,11). The van der Waals surface area contributed by atoms with E-state index in [9.17, 15) is 8.42 Å². The van der Waals surface area contributed by atoms with Gasteiger partial charge in [-0.05, 0) is 32.1 Å². The Morgan fingerprint density at radius 3 is 2.47 bits per heavy atom. The van der Waals surface area contributed by atoms with E-state index in [1.165, 1.54) is 0 Å². The molecule has 1 unspecified atom stereocenters. The Balaban J connectivity index is 2.68. The van der Waals surface area contributed by atoms with Gasteiger partial charge in [-0.15, -0.1) is 0 Å². The van der Waals surface area contributed by atoms with Crippen molar-refractivity contribution in [2.45, 2.75) is 38.6 Å². The minimum atomic E-state index is -3.30. The summed E-state index contributed by atoms with van der Waals surface area (Å²) in [6, 6.07) is 0. The van der Waals surface area contributed by atoms with Gasteiger partial charge in [0.2, 0.25) is 10.0 Å². The highest BCUT2D eigenvalue weighted by atomic mass is 32.2. The fourth-order valence-corrected chi connectivity index (χ4v) is 3.28. The molecule has 4 N–H and O–H groups in total. The summed E-state index contributed by atoms with van der Waals surface area (Å²) in [6.07, 6.45) is 2.46. The van der Waals surface area contributed by atoms with E-state index in [1.807, 2.05) is 0 Å². The van der Waals surface area contributed by atoms with Gasteiger partial charge in [0.25, 0.3) is 0 Å². The van der Waals surface area contributed by atoms with Crippen LogP contribution in [0.15, 0.2) is 0 Å². The number of sulfonamides is 1. The van der Waals surface area contributed by atoms with Crippen molar-refractivity contribution in [2.24, 2.45) is 11.7 Å². The van der Waals surface area contributed by atoms with E-state index in [0.29, 0.717) is 12.3 Å². The van der Waals surface area contributed by atoms with E-state index in [2.05, 4.69) is 4.72 Å². The van der Waals surface area contributed by atoms with E-state index in [4.69, 9.17) is 11.1 Å². The number of amidine groups is 1. The maximum Gasteiger partial charge on any atom is 0.212 e. The van der Waals surface area contributed by atoms with Gasteiger partial charge in [0.05, 0.1) is 11.3 Å². The minimum Gasteiger partial charge on any atom is -0.386 e. The first-order valence-corrected chi connectivity index (χ1v) is 6.80. The highest BCUT2D eigenvalue weighted by molar-refractivity contribution is 7.89. The molecule has 1 saturated carbocycles. The molecule has 15 heavy (non-hydrogen) atoms. The van der Waals surface area contributed by atoms with Crippen LogP contribution in [0.3, 0.4) is 0 Å². The molecule has 1 aliphatic rings. The molecule has 0 heterocycles. The quantitative estimate of drug-likeness (QED) is 0.458. The van der Waals surface area contributed by atoms with Gasteiger partial charge in [-0.3, -0.25) is 5.41 Å². The van der Waals surface area contributed by atoms with Crippen molar-refractivity contribution < 1.29 is 8.42 Å². The van der Waals surface area contributed by atoms with Crippen LogP contribution < -0.4 is 10.5 Å². The third kappa shape index (κ3) is 3.46. The van der Waals surface area contributed by atoms with Crippen molar-refractivity contribution >= 4 is 15.9 Å². The summed E-state index contributed by atoms with van der Waals surface area (Å²) in [7, 11) is -3.30. The zero-order chi connectivity index (χ0) is 11.7. The second-order valence-electron chi connectivity index (χ2n) is 4.43. The monoisotopic (exact) mass is 233 g/mol. The number of hydrogen-bond donors (Lipinski definition) is 3. The largest absolute Gasteiger partial charge is 0.386 e. The van der Waals surface area contributed by atoms with Crippen molar-refractivity contribution in [3.63, 3.8) is 0 Å². The van der Waals surface area contributed by atoms with Crippen molar-refractivity contribution in [1.29, 1.82) is 5.41 Å². The smallest absolute Gasteiger partial charge is 0.212 e. The Labute approximate surface area is 91.0 Å². The SMILES string of the molecule is CCC(C)(NS(=O)(=O)CC1CC1)C(=N)N. The van der Waals surface area contributed by atoms with E-state index in [-0.39, 0.29) is 11.6 Å². The summed E-state index contributed by atoms with van der Waals surface area (Å²) in [5, 5.41) is 7.38. The second-order valence-corrected chi connectivity index (χ2v) is 6.19. The molecule has 1 fully saturated rings. The van der Waals surface area contributed by atoms with Crippen LogP contribution in [0.4, 0.5) is 0 Å². The Hall–Kier alpha value is -0.620. The van der Waals surface area contributed by atoms with Gasteiger partial charge in [-0.1, -0.05) is 6.92 Å². The summed E-state index contributed by atoms with van der Waals surface area (Å²) in [5.74, 6) is 0.329. The third-order valence-corrected chi connectivity index (χ3v) is 4.51. The first kappa shape index (κ1) is 12.4. The molecule has 0 saturated heterocycles. The van der Waals surface area contributed by atoms with Gasteiger partial charge >= 0.3 is 0 Å². The Morgan fingerprint density at radius 2 is 2.13 bits per heavy atom. The predicted molar refractivity (Wildman–Crippen MR) is 60.3 cm³/mol. The van der Waals surface area contributed by atoms with Crippen molar-refractivity contribution in [3.05, 3.63) is 0 Å². The molecule has 0 radical (unpaired) electrons. The van der Waals surface area contributed by atoms with Gasteiger partial charge in [-0.25, -0.2) is 13.1 Å². The first-order valence-electron chi connectivity index (χ1n) is 5.15. The lowest BCUT2D eigenvalue weighted by Gasteiger charge is -2.27. The summed E-state index contributed by atoms with van der Waals surface area (Å²) in [5.41, 5.74) is 4.45. The van der Waals surface area contributed by atoms with E-state index >= 15 is 0 Å². The van der Waals surface area contributed by atoms with Gasteiger partial charge in [0.15, 0.2) is 0 Å². The molecule has 1 aliphatic carbocycles. The third-order valence-electron chi connectivity index (χ3n) is 2.83. The molecule has 6 heteroatoms. The average Bonchev–Trinajstić information content (AvgIpc) is 2.86. The van der Waals surface area contributed by atoms with Gasteiger partial charge in [0, 0.05) is 0 Å². The van der Waals surface area contributed by atoms with Crippen LogP contribution in [0.25, 0.3) is 0 Å². The molecular weight excluding hydrogens is 214 g/mol. The van der Waals surface area contributed by atoms with Crippen LogP contribution in [0, 0.1) is 11.3 Å². The van der Waals surface area contributed by atoms with Crippen molar-refractivity contribution in [1.82, 2.24) is 4.72 Å². The van der Waals surface area contributed by atoms with Crippen LogP contribution in [0.2, 0.25) is 0 Å². The summed E-state index contributed by atoms with van der Waals surface area (Å²) >= 11 is 0. The molecule has 0 aromatic carbocycles. The van der Waals surface area contributed by atoms with Crippen LogP contribution in [0.1, 0.15) is 33.1 Å². The van der Waals surface area contributed by atoms with Gasteiger partial charge in [-0.2, -0.15) is 0 Å². The molecule has 5 nitrogen and oxygen atoms in total. The van der Waals surface area contributed by atoms with Gasteiger partial charge < -0.3 is 5.73 Å². The number of nitrogens with two attached hydrogens (primary N) is 1. The van der Waals surface area contributed by atoms with Crippen molar-refractivity contribution in [2.75, 3.05) is 5.75 Å². The lowest BCUT2D eigenvalue weighted by atomic mass is 10.00. The van der Waals surface area contributed by atoms with E-state index in [0.717, 1.165) is 12.8 Å². The maximum atomic E-state index is 11.7. The molecule has 0 aromatic rings. The molecule has 1 atom stereocenters. The summed E-state index contributed by atoms with van der Waals surface area (Å²) in [6.45, 7) is 3.45. The van der Waals surface area contributed by atoms with Crippen LogP contribution >= 0.6 is 0 Å². The zero-order valence-electron chi connectivity index (χ0n) is 9.21. The van der Waals surface area contributed by atoms with Gasteiger partial charge in [0.1, 0.15) is 5.84 Å². The highest BCUT2D eigenvalue weighted by Crippen LogP contribution is 2.30. The fraction of sp³-hybridized carbons (Fsp3) is 0.889. The predicted octanol–water partition coefficient (Wildman–Crippen LogP) is 0.420. The van der Waals surface area contributed by atoms with E-state index in [1.54, 1.807) is 13.8 Å². The Kier molecular flexibility index (Phi) is 3.40. The fourth-order valence-electron chi connectivity index (χ4n) is 1.30.